The molecule has 0 spiro atoms. The van der Waals surface area contributed by atoms with E-state index in [2.05, 4.69) is 10.3 Å². The Balaban J connectivity index is 2.14. The minimum Gasteiger partial charge on any atom is -0.363 e. The SMILES string of the molecule is NCC1(Nc2ccc(S(N)(=O)=O)cn2)CC1. The highest BCUT2D eigenvalue weighted by atomic mass is 32.2. The largest absolute Gasteiger partial charge is 0.363 e. The van der Waals surface area contributed by atoms with Crippen LogP contribution < -0.4 is 16.2 Å². The molecule has 0 aromatic carbocycles. The number of rotatable bonds is 4. The second kappa shape index (κ2) is 3.69. The Kier molecular flexibility index (Phi) is 2.61. The zero-order valence-electron chi connectivity index (χ0n) is 8.68. The van der Waals surface area contributed by atoms with E-state index in [-0.39, 0.29) is 10.4 Å². The van der Waals surface area contributed by atoms with Crippen molar-refractivity contribution in [2.45, 2.75) is 23.3 Å². The highest BCUT2D eigenvalue weighted by Crippen LogP contribution is 2.37. The summed E-state index contributed by atoms with van der Waals surface area (Å²) in [6.07, 6.45) is 3.27. The van der Waals surface area contributed by atoms with Crippen LogP contribution >= 0.6 is 0 Å². The third-order valence-electron chi connectivity index (χ3n) is 2.70. The predicted molar refractivity (Wildman–Crippen MR) is 60.3 cm³/mol. The van der Waals surface area contributed by atoms with Gasteiger partial charge in [0.05, 0.1) is 5.54 Å². The number of sulfonamides is 1. The zero-order valence-corrected chi connectivity index (χ0v) is 9.50. The lowest BCUT2D eigenvalue weighted by molar-refractivity contribution is 0.597. The van der Waals surface area contributed by atoms with Gasteiger partial charge in [-0.25, -0.2) is 18.5 Å². The van der Waals surface area contributed by atoms with Crippen LogP contribution in [0.3, 0.4) is 0 Å². The molecule has 0 amide bonds. The fraction of sp³-hybridized carbons (Fsp3) is 0.444. The van der Waals surface area contributed by atoms with Crippen molar-refractivity contribution in [2.75, 3.05) is 11.9 Å². The summed E-state index contributed by atoms with van der Waals surface area (Å²) < 4.78 is 22.0. The number of nitrogens with two attached hydrogens (primary N) is 2. The summed E-state index contributed by atoms with van der Waals surface area (Å²) in [7, 11) is -3.67. The second-order valence-corrected chi connectivity index (χ2v) is 5.60. The molecular formula is C9H14N4O2S. The summed E-state index contributed by atoms with van der Waals surface area (Å²) in [6.45, 7) is 0.547. The second-order valence-electron chi connectivity index (χ2n) is 4.03. The van der Waals surface area contributed by atoms with Crippen molar-refractivity contribution in [1.82, 2.24) is 4.98 Å². The molecule has 1 aliphatic rings. The van der Waals surface area contributed by atoms with Gasteiger partial charge in [-0.2, -0.15) is 0 Å². The molecule has 1 aromatic heterocycles. The number of primary sulfonamides is 1. The molecule has 1 heterocycles. The standard InChI is InChI=1S/C9H14N4O2S/c10-6-9(3-4-9)13-8-2-1-7(5-12-8)16(11,14)15/h1-2,5H,3-4,6,10H2,(H,12,13)(H2,11,14,15). The highest BCUT2D eigenvalue weighted by molar-refractivity contribution is 7.89. The molecule has 1 fully saturated rings. The van der Waals surface area contributed by atoms with Crippen LogP contribution in [0.5, 0.6) is 0 Å². The Morgan fingerprint density at radius 2 is 2.12 bits per heavy atom. The van der Waals surface area contributed by atoms with Crippen molar-refractivity contribution < 1.29 is 8.42 Å². The average molecular weight is 242 g/mol. The Morgan fingerprint density at radius 1 is 1.44 bits per heavy atom. The van der Waals surface area contributed by atoms with Gasteiger partial charge in [-0.3, -0.25) is 0 Å². The molecule has 0 bridgehead atoms. The molecule has 1 aliphatic carbocycles. The Bertz CT molecular complexity index is 479. The number of pyridine rings is 1. The molecule has 1 aromatic rings. The van der Waals surface area contributed by atoms with Gasteiger partial charge in [0.1, 0.15) is 10.7 Å². The fourth-order valence-electron chi connectivity index (χ4n) is 1.43. The summed E-state index contributed by atoms with van der Waals surface area (Å²) >= 11 is 0. The minimum absolute atomic E-state index is 0.00986. The maximum absolute atomic E-state index is 11.0. The molecule has 7 heteroatoms. The summed E-state index contributed by atoms with van der Waals surface area (Å²) in [5.41, 5.74) is 5.56. The fourth-order valence-corrected chi connectivity index (χ4v) is 1.88. The lowest BCUT2D eigenvalue weighted by atomic mass is 10.3. The number of hydrogen-bond donors (Lipinski definition) is 3. The molecule has 1 saturated carbocycles. The van der Waals surface area contributed by atoms with Crippen molar-refractivity contribution in [3.8, 4) is 0 Å². The molecule has 5 N–H and O–H groups in total. The van der Waals surface area contributed by atoms with E-state index in [0.717, 1.165) is 12.8 Å². The summed E-state index contributed by atoms with van der Waals surface area (Å²) in [4.78, 5) is 4.00. The Morgan fingerprint density at radius 3 is 2.50 bits per heavy atom. The maximum atomic E-state index is 11.0. The van der Waals surface area contributed by atoms with Gasteiger partial charge in [-0.15, -0.1) is 0 Å². The van der Waals surface area contributed by atoms with Crippen LogP contribution in [-0.4, -0.2) is 25.5 Å². The number of aromatic nitrogens is 1. The van der Waals surface area contributed by atoms with Gasteiger partial charge in [0.2, 0.25) is 10.0 Å². The molecule has 2 rings (SSSR count). The lowest BCUT2D eigenvalue weighted by Crippen LogP contribution is -2.31. The maximum Gasteiger partial charge on any atom is 0.239 e. The molecule has 88 valence electrons. The van der Waals surface area contributed by atoms with E-state index in [9.17, 15) is 8.42 Å². The van der Waals surface area contributed by atoms with E-state index in [1.165, 1.54) is 12.3 Å². The summed E-state index contributed by atoms with van der Waals surface area (Å²) in [5, 5.41) is 8.15. The van der Waals surface area contributed by atoms with Gasteiger partial charge >= 0.3 is 0 Å². The number of nitrogens with one attached hydrogen (secondary N) is 1. The predicted octanol–water partition coefficient (Wildman–Crippen LogP) is -0.368. The molecule has 0 radical (unpaired) electrons. The van der Waals surface area contributed by atoms with Gasteiger partial charge < -0.3 is 11.1 Å². The topological polar surface area (TPSA) is 111 Å². The molecule has 0 unspecified atom stereocenters. The van der Waals surface area contributed by atoms with Crippen molar-refractivity contribution in [1.29, 1.82) is 0 Å². The van der Waals surface area contributed by atoms with E-state index in [4.69, 9.17) is 10.9 Å². The van der Waals surface area contributed by atoms with Crippen molar-refractivity contribution in [2.24, 2.45) is 10.9 Å². The molecule has 16 heavy (non-hydrogen) atoms. The van der Waals surface area contributed by atoms with Gasteiger partial charge in [0.15, 0.2) is 0 Å². The van der Waals surface area contributed by atoms with Crippen LogP contribution in [0.1, 0.15) is 12.8 Å². The normalized spacial score (nSPS) is 18.1. The van der Waals surface area contributed by atoms with Crippen LogP contribution in [0.4, 0.5) is 5.82 Å². The van der Waals surface area contributed by atoms with E-state index >= 15 is 0 Å². The average Bonchev–Trinajstić information content (AvgIpc) is 2.98. The van der Waals surface area contributed by atoms with Crippen LogP contribution in [-0.2, 0) is 10.0 Å². The Hall–Kier alpha value is -1.18. The number of hydrogen-bond acceptors (Lipinski definition) is 5. The number of anilines is 1. The first-order valence-corrected chi connectivity index (χ1v) is 6.47. The third kappa shape index (κ3) is 2.31. The van der Waals surface area contributed by atoms with Crippen LogP contribution in [0.2, 0.25) is 0 Å². The van der Waals surface area contributed by atoms with Crippen molar-refractivity contribution >= 4 is 15.8 Å². The van der Waals surface area contributed by atoms with Crippen LogP contribution in [0.25, 0.3) is 0 Å². The van der Waals surface area contributed by atoms with Gasteiger partial charge in [0.25, 0.3) is 0 Å². The smallest absolute Gasteiger partial charge is 0.239 e. The first-order chi connectivity index (χ1) is 7.45. The molecule has 0 aliphatic heterocycles. The highest BCUT2D eigenvalue weighted by Gasteiger charge is 2.41. The first kappa shape index (κ1) is 11.3. The number of nitrogens with zero attached hydrogens (tertiary/aromatic N) is 1. The van der Waals surface area contributed by atoms with Gasteiger partial charge in [-0.1, -0.05) is 0 Å². The monoisotopic (exact) mass is 242 g/mol. The Labute approximate surface area is 94.1 Å². The minimum atomic E-state index is -3.67. The zero-order chi connectivity index (χ0) is 11.8. The molecule has 0 saturated heterocycles. The van der Waals surface area contributed by atoms with Gasteiger partial charge in [-0.05, 0) is 25.0 Å². The van der Waals surface area contributed by atoms with Gasteiger partial charge in [0, 0.05) is 12.7 Å². The van der Waals surface area contributed by atoms with Crippen molar-refractivity contribution in [3.63, 3.8) is 0 Å². The molecule has 0 atom stereocenters. The molecular weight excluding hydrogens is 228 g/mol. The van der Waals surface area contributed by atoms with E-state index in [0.29, 0.717) is 12.4 Å². The molecule has 6 nitrogen and oxygen atoms in total. The van der Waals surface area contributed by atoms with Crippen molar-refractivity contribution in [3.05, 3.63) is 18.3 Å². The summed E-state index contributed by atoms with van der Waals surface area (Å²) in [6, 6.07) is 3.02. The van der Waals surface area contributed by atoms with Crippen LogP contribution in [0.15, 0.2) is 23.2 Å². The first-order valence-electron chi connectivity index (χ1n) is 4.92. The van der Waals surface area contributed by atoms with Crippen LogP contribution in [0, 0.1) is 0 Å². The van der Waals surface area contributed by atoms with E-state index in [1.807, 2.05) is 0 Å². The van der Waals surface area contributed by atoms with E-state index in [1.54, 1.807) is 6.07 Å². The van der Waals surface area contributed by atoms with E-state index < -0.39 is 10.0 Å². The lowest BCUT2D eigenvalue weighted by Gasteiger charge is -2.15. The third-order valence-corrected chi connectivity index (χ3v) is 3.60. The quantitative estimate of drug-likeness (QED) is 0.667. The summed E-state index contributed by atoms with van der Waals surface area (Å²) in [5.74, 6) is 0.621.